The molecule has 1 aromatic carbocycles. The van der Waals surface area contributed by atoms with Crippen molar-refractivity contribution in [2.24, 2.45) is 11.7 Å². The van der Waals surface area contributed by atoms with Crippen LogP contribution >= 0.6 is 11.6 Å². The monoisotopic (exact) mass is 490 g/mol. The van der Waals surface area contributed by atoms with Gasteiger partial charge in [-0.1, -0.05) is 30.7 Å². The molecule has 1 aromatic heterocycles. The van der Waals surface area contributed by atoms with E-state index in [0.29, 0.717) is 25.0 Å². The van der Waals surface area contributed by atoms with Gasteiger partial charge in [0.1, 0.15) is 6.04 Å². The fourth-order valence-corrected chi connectivity index (χ4v) is 6.31. The van der Waals surface area contributed by atoms with Gasteiger partial charge < -0.3 is 11.1 Å². The fourth-order valence-electron chi connectivity index (χ4n) is 4.02. The second-order valence-electron chi connectivity index (χ2n) is 8.02. The van der Waals surface area contributed by atoms with Gasteiger partial charge in [0.15, 0.2) is 0 Å². The van der Waals surface area contributed by atoms with Crippen LogP contribution in [-0.2, 0) is 21.4 Å². The van der Waals surface area contributed by atoms with Crippen LogP contribution in [0.2, 0.25) is 5.02 Å². The van der Waals surface area contributed by atoms with Crippen LogP contribution in [0.1, 0.15) is 42.2 Å². The largest absolute Gasteiger partial charge is 0.366 e. The quantitative estimate of drug-likeness (QED) is 0.551. The average molecular weight is 491 g/mol. The van der Waals surface area contributed by atoms with E-state index in [4.69, 9.17) is 17.3 Å². The first-order chi connectivity index (χ1) is 15.6. The zero-order valence-corrected chi connectivity index (χ0v) is 19.8. The molecule has 0 spiro atoms. The molecule has 3 rings (SSSR count). The zero-order chi connectivity index (χ0) is 24.2. The van der Waals surface area contributed by atoms with Crippen molar-refractivity contribution in [3.63, 3.8) is 0 Å². The van der Waals surface area contributed by atoms with E-state index in [2.05, 4.69) is 16.9 Å². The van der Waals surface area contributed by atoms with Gasteiger partial charge in [0.25, 0.3) is 0 Å². The first-order valence-electron chi connectivity index (χ1n) is 10.6. The fraction of sp³-hybridized carbons (Fsp3) is 0.348. The second kappa shape index (κ2) is 10.5. The molecule has 0 saturated carbocycles. The number of hydrogen-bond acceptors (Lipinski definition) is 5. The van der Waals surface area contributed by atoms with Gasteiger partial charge in [-0.05, 0) is 55.5 Å². The number of nitrogens with one attached hydrogen (secondary N) is 1. The lowest BCUT2D eigenvalue weighted by atomic mass is 9.90. The number of rotatable bonds is 8. The number of halogens is 1. The maximum absolute atomic E-state index is 13.8. The van der Waals surface area contributed by atoms with Crippen molar-refractivity contribution >= 4 is 33.4 Å². The molecule has 33 heavy (non-hydrogen) atoms. The van der Waals surface area contributed by atoms with Crippen LogP contribution in [-0.4, -0.2) is 41.6 Å². The van der Waals surface area contributed by atoms with Crippen molar-refractivity contribution in [3.05, 3.63) is 71.5 Å². The second-order valence-corrected chi connectivity index (χ2v) is 10.3. The molecule has 3 N–H and O–H groups in total. The number of aromatic nitrogens is 1. The Hall–Kier alpha value is -2.75. The van der Waals surface area contributed by atoms with Crippen molar-refractivity contribution < 1.29 is 18.0 Å². The van der Waals surface area contributed by atoms with Gasteiger partial charge in [0.05, 0.1) is 17.1 Å². The van der Waals surface area contributed by atoms with E-state index < -0.39 is 33.9 Å². The molecular weight excluding hydrogens is 464 g/mol. The Morgan fingerprint density at radius 2 is 2.09 bits per heavy atom. The van der Waals surface area contributed by atoms with Gasteiger partial charge in [-0.15, -0.1) is 6.58 Å². The summed E-state index contributed by atoms with van der Waals surface area (Å²) in [5, 5.41) is 2.87. The topological polar surface area (TPSA) is 122 Å². The first-order valence-corrected chi connectivity index (χ1v) is 12.4. The van der Waals surface area contributed by atoms with E-state index in [1.165, 1.54) is 22.5 Å². The minimum Gasteiger partial charge on any atom is -0.366 e. The highest BCUT2D eigenvalue weighted by molar-refractivity contribution is 7.89. The van der Waals surface area contributed by atoms with Gasteiger partial charge in [-0.2, -0.15) is 4.31 Å². The summed E-state index contributed by atoms with van der Waals surface area (Å²) in [6.45, 7) is 5.85. The molecule has 0 aliphatic carbocycles. The third-order valence-corrected chi connectivity index (χ3v) is 7.92. The summed E-state index contributed by atoms with van der Waals surface area (Å²) in [7, 11) is -4.21. The van der Waals surface area contributed by atoms with Gasteiger partial charge in [0.2, 0.25) is 21.8 Å². The standard InChI is InChI=1S/C23H27ClN4O4S/c1-3-15(2)20-8-6-9-21(23(30)27-14-18-7-4-5-10-26-18)28(20)33(31,32)19-12-16(22(25)29)11-17(24)13-19/h3-5,7,10-13,15,20-21H,1,6,8-9,14H2,2H3,(H2,25,29)(H,27,30)/t15-,20+,21?/m1/s1. The van der Waals surface area contributed by atoms with Crippen molar-refractivity contribution in [3.8, 4) is 0 Å². The smallest absolute Gasteiger partial charge is 0.248 e. The summed E-state index contributed by atoms with van der Waals surface area (Å²) in [5.41, 5.74) is 5.99. The number of carbonyl (C=O) groups excluding carboxylic acids is 2. The van der Waals surface area contributed by atoms with Crippen LogP contribution in [0.5, 0.6) is 0 Å². The summed E-state index contributed by atoms with van der Waals surface area (Å²) >= 11 is 6.09. The van der Waals surface area contributed by atoms with Crippen LogP contribution in [0.3, 0.4) is 0 Å². The molecule has 2 heterocycles. The van der Waals surface area contributed by atoms with Crippen molar-refractivity contribution in [1.82, 2.24) is 14.6 Å². The Labute approximate surface area is 198 Å². The lowest BCUT2D eigenvalue weighted by Gasteiger charge is -2.42. The summed E-state index contributed by atoms with van der Waals surface area (Å²) < 4.78 is 28.9. The number of amides is 2. The molecule has 1 unspecified atom stereocenters. The zero-order valence-electron chi connectivity index (χ0n) is 18.3. The highest BCUT2D eigenvalue weighted by Crippen LogP contribution is 2.35. The predicted molar refractivity (Wildman–Crippen MR) is 126 cm³/mol. The van der Waals surface area contributed by atoms with E-state index in [1.54, 1.807) is 24.4 Å². The number of carbonyl (C=O) groups is 2. The number of nitrogens with zero attached hydrogens (tertiary/aromatic N) is 2. The Morgan fingerprint density at radius 3 is 2.73 bits per heavy atom. The number of pyridine rings is 1. The van der Waals surface area contributed by atoms with Crippen LogP contribution in [0.4, 0.5) is 0 Å². The highest BCUT2D eigenvalue weighted by Gasteiger charge is 2.44. The number of sulfonamides is 1. The number of nitrogens with two attached hydrogens (primary N) is 1. The summed E-state index contributed by atoms with van der Waals surface area (Å²) in [4.78, 5) is 28.9. The molecule has 0 radical (unpaired) electrons. The summed E-state index contributed by atoms with van der Waals surface area (Å²) in [5.74, 6) is -1.42. The van der Waals surface area contributed by atoms with E-state index in [-0.39, 0.29) is 27.9 Å². The van der Waals surface area contributed by atoms with Crippen LogP contribution in [0.25, 0.3) is 0 Å². The van der Waals surface area contributed by atoms with Gasteiger partial charge in [-0.25, -0.2) is 8.42 Å². The molecule has 1 aliphatic rings. The molecule has 1 saturated heterocycles. The molecule has 10 heteroatoms. The maximum Gasteiger partial charge on any atom is 0.248 e. The Morgan fingerprint density at radius 1 is 1.33 bits per heavy atom. The maximum atomic E-state index is 13.8. The Kier molecular flexibility index (Phi) is 7.88. The first kappa shape index (κ1) is 24.9. The van der Waals surface area contributed by atoms with Crippen LogP contribution in [0, 0.1) is 5.92 Å². The highest BCUT2D eigenvalue weighted by atomic mass is 35.5. The Balaban J connectivity index is 2.00. The van der Waals surface area contributed by atoms with E-state index in [9.17, 15) is 18.0 Å². The minimum atomic E-state index is -4.21. The number of benzene rings is 1. The Bertz CT molecular complexity index is 1140. The van der Waals surface area contributed by atoms with Crippen LogP contribution in [0.15, 0.2) is 60.1 Å². The molecule has 2 amide bonds. The third-order valence-electron chi connectivity index (χ3n) is 5.79. The molecule has 3 atom stereocenters. The normalized spacial score (nSPS) is 20.1. The summed E-state index contributed by atoms with van der Waals surface area (Å²) in [6.07, 6.45) is 4.90. The van der Waals surface area contributed by atoms with Crippen molar-refractivity contribution in [2.75, 3.05) is 0 Å². The molecule has 0 bridgehead atoms. The van der Waals surface area contributed by atoms with Gasteiger partial charge in [-0.3, -0.25) is 14.6 Å². The number of hydrogen-bond donors (Lipinski definition) is 2. The SMILES string of the molecule is C=C[C@@H](C)[C@@H]1CCCC(C(=O)NCc2ccccn2)N1S(=O)(=O)c1cc(Cl)cc(C(N)=O)c1. The van der Waals surface area contributed by atoms with E-state index in [0.717, 1.165) is 0 Å². The van der Waals surface area contributed by atoms with E-state index >= 15 is 0 Å². The minimum absolute atomic E-state index is 0.0254. The van der Waals surface area contributed by atoms with Gasteiger partial charge in [0, 0.05) is 22.8 Å². The number of primary amides is 1. The average Bonchev–Trinajstić information content (AvgIpc) is 2.81. The predicted octanol–water partition coefficient (Wildman–Crippen LogP) is 2.88. The molecular formula is C23H27ClN4O4S. The summed E-state index contributed by atoms with van der Waals surface area (Å²) in [6, 6.07) is 7.69. The van der Waals surface area contributed by atoms with Crippen LogP contribution < -0.4 is 11.1 Å². The molecule has 8 nitrogen and oxygen atoms in total. The molecule has 176 valence electrons. The molecule has 1 fully saturated rings. The van der Waals surface area contributed by atoms with E-state index in [1.807, 2.05) is 13.0 Å². The third kappa shape index (κ3) is 5.61. The molecule has 2 aromatic rings. The lowest BCUT2D eigenvalue weighted by molar-refractivity contribution is -0.126. The van der Waals surface area contributed by atoms with Crippen molar-refractivity contribution in [2.45, 2.75) is 49.7 Å². The van der Waals surface area contributed by atoms with Gasteiger partial charge >= 0.3 is 0 Å². The lowest BCUT2D eigenvalue weighted by Crippen LogP contribution is -2.57. The number of piperidine rings is 1. The van der Waals surface area contributed by atoms with Crippen molar-refractivity contribution in [1.29, 1.82) is 0 Å². The molecule has 1 aliphatic heterocycles.